The Morgan fingerprint density at radius 2 is 1.94 bits per heavy atom. The Bertz CT molecular complexity index is 529. The largest absolute Gasteiger partial charge is 0.478 e. The molecule has 2 rings (SSSR count). The molecule has 2 aromatic rings. The topological polar surface area (TPSA) is 63.1 Å². The van der Waals surface area contributed by atoms with Gasteiger partial charge in [-0.25, -0.2) is 14.8 Å². The van der Waals surface area contributed by atoms with Gasteiger partial charge in [-0.2, -0.15) is 0 Å². The van der Waals surface area contributed by atoms with E-state index >= 15 is 0 Å². The first-order valence-electron chi connectivity index (χ1n) is 4.49. The van der Waals surface area contributed by atoms with Gasteiger partial charge >= 0.3 is 5.97 Å². The van der Waals surface area contributed by atoms with Crippen LogP contribution in [0.3, 0.4) is 0 Å². The summed E-state index contributed by atoms with van der Waals surface area (Å²) in [5.74, 6) is -0.679. The van der Waals surface area contributed by atoms with Crippen LogP contribution in [-0.2, 0) is 0 Å². The summed E-state index contributed by atoms with van der Waals surface area (Å²) in [5, 5.41) is 9.47. The first kappa shape index (κ1) is 10.6. The van der Waals surface area contributed by atoms with E-state index in [-0.39, 0.29) is 5.56 Å². The van der Waals surface area contributed by atoms with Gasteiger partial charge in [0.15, 0.2) is 5.82 Å². The third-order valence-corrected chi connectivity index (χ3v) is 2.25. The normalized spacial score (nSPS) is 10.1. The molecule has 4 nitrogen and oxygen atoms in total. The van der Waals surface area contributed by atoms with Crippen LogP contribution < -0.4 is 0 Å². The van der Waals surface area contributed by atoms with Crippen molar-refractivity contribution in [1.29, 1.82) is 0 Å². The molecular weight excluding hydrogens is 228 g/mol. The summed E-state index contributed by atoms with van der Waals surface area (Å²) in [5.41, 5.74) is 0.552. The molecule has 0 fully saturated rings. The lowest BCUT2D eigenvalue weighted by atomic mass is 10.1. The maximum Gasteiger partial charge on any atom is 0.336 e. The summed E-state index contributed by atoms with van der Waals surface area (Å²) in [4.78, 5) is 19.0. The molecule has 0 aliphatic heterocycles. The molecule has 1 heterocycles. The molecule has 0 saturated carbocycles. The van der Waals surface area contributed by atoms with E-state index in [9.17, 15) is 4.79 Å². The molecule has 16 heavy (non-hydrogen) atoms. The fraction of sp³-hybridized carbons (Fsp3) is 0. The summed E-state index contributed by atoms with van der Waals surface area (Å²) in [6.45, 7) is 0. The van der Waals surface area contributed by atoms with E-state index in [1.807, 2.05) is 0 Å². The Labute approximate surface area is 96.6 Å². The van der Waals surface area contributed by atoms with Gasteiger partial charge in [0.2, 0.25) is 0 Å². The van der Waals surface area contributed by atoms with Gasteiger partial charge in [0.25, 0.3) is 0 Å². The first-order valence-corrected chi connectivity index (χ1v) is 4.86. The number of carbonyl (C=O) groups is 1. The van der Waals surface area contributed by atoms with Crippen LogP contribution in [0.2, 0.25) is 5.02 Å². The van der Waals surface area contributed by atoms with Gasteiger partial charge in [-0.05, 0) is 24.3 Å². The van der Waals surface area contributed by atoms with Crippen molar-refractivity contribution in [2.75, 3.05) is 0 Å². The van der Waals surface area contributed by atoms with Gasteiger partial charge in [-0.15, -0.1) is 0 Å². The first-order chi connectivity index (χ1) is 7.68. The molecule has 0 radical (unpaired) electrons. The second-order valence-electron chi connectivity index (χ2n) is 3.07. The van der Waals surface area contributed by atoms with E-state index in [0.717, 1.165) is 0 Å². The van der Waals surface area contributed by atoms with Crippen molar-refractivity contribution in [3.05, 3.63) is 47.2 Å². The summed E-state index contributed by atoms with van der Waals surface area (Å²) in [6, 6.07) is 6.17. The highest BCUT2D eigenvalue weighted by molar-refractivity contribution is 6.31. The highest BCUT2D eigenvalue weighted by Gasteiger charge is 2.13. The second-order valence-corrected chi connectivity index (χ2v) is 3.50. The number of carboxylic acids is 1. The molecule has 0 atom stereocenters. The van der Waals surface area contributed by atoms with Gasteiger partial charge in [0.05, 0.1) is 5.56 Å². The molecule has 1 aromatic carbocycles. The zero-order chi connectivity index (χ0) is 11.5. The molecule has 0 spiro atoms. The zero-order valence-electron chi connectivity index (χ0n) is 8.09. The van der Waals surface area contributed by atoms with E-state index in [2.05, 4.69) is 9.97 Å². The minimum absolute atomic E-state index is 0.135. The lowest BCUT2D eigenvalue weighted by Gasteiger charge is -2.04. The average Bonchev–Trinajstić information content (AvgIpc) is 2.29. The van der Waals surface area contributed by atoms with E-state index in [1.54, 1.807) is 24.5 Å². The molecule has 0 saturated heterocycles. The zero-order valence-corrected chi connectivity index (χ0v) is 8.85. The van der Waals surface area contributed by atoms with Gasteiger partial charge < -0.3 is 5.11 Å². The lowest BCUT2D eigenvalue weighted by Crippen LogP contribution is -2.01. The highest BCUT2D eigenvalue weighted by atomic mass is 35.5. The van der Waals surface area contributed by atoms with Crippen molar-refractivity contribution in [3.8, 4) is 11.4 Å². The number of hydrogen-bond donors (Lipinski definition) is 1. The van der Waals surface area contributed by atoms with Crippen LogP contribution in [0.15, 0.2) is 36.7 Å². The van der Waals surface area contributed by atoms with Crippen molar-refractivity contribution < 1.29 is 9.90 Å². The smallest absolute Gasteiger partial charge is 0.336 e. The number of hydrogen-bond acceptors (Lipinski definition) is 3. The van der Waals surface area contributed by atoms with E-state index in [0.29, 0.717) is 16.4 Å². The molecule has 0 bridgehead atoms. The van der Waals surface area contributed by atoms with Crippen LogP contribution in [0.5, 0.6) is 0 Å². The average molecular weight is 235 g/mol. The van der Waals surface area contributed by atoms with Gasteiger partial charge in [-0.3, -0.25) is 0 Å². The minimum atomic E-state index is -1.03. The molecule has 0 aliphatic carbocycles. The fourth-order valence-corrected chi connectivity index (χ4v) is 1.50. The molecular formula is C11H7ClN2O2. The van der Waals surface area contributed by atoms with Crippen molar-refractivity contribution >= 4 is 17.6 Å². The number of nitrogens with zero attached hydrogens (tertiary/aromatic N) is 2. The van der Waals surface area contributed by atoms with E-state index in [4.69, 9.17) is 16.7 Å². The number of aromatic carboxylic acids is 1. The van der Waals surface area contributed by atoms with Crippen LogP contribution in [0.4, 0.5) is 0 Å². The number of aromatic nitrogens is 2. The SMILES string of the molecule is O=C(O)c1ccc(Cl)cc1-c1ncccn1. The standard InChI is InChI=1S/C11H7ClN2O2/c12-7-2-3-8(11(15)16)9(6-7)10-13-4-1-5-14-10/h1-6H,(H,15,16). The van der Waals surface area contributed by atoms with Crippen LogP contribution in [0.1, 0.15) is 10.4 Å². The second kappa shape index (κ2) is 4.28. The Hall–Kier alpha value is -1.94. The molecule has 1 aromatic heterocycles. The van der Waals surface area contributed by atoms with Gasteiger partial charge in [0, 0.05) is 23.0 Å². The Morgan fingerprint density at radius 3 is 2.56 bits per heavy atom. The van der Waals surface area contributed by atoms with Gasteiger partial charge in [-0.1, -0.05) is 11.6 Å². The number of rotatable bonds is 2. The maximum absolute atomic E-state index is 11.0. The van der Waals surface area contributed by atoms with E-state index < -0.39 is 5.97 Å². The Balaban J connectivity index is 2.63. The lowest BCUT2D eigenvalue weighted by molar-refractivity contribution is 0.0697. The summed E-state index contributed by atoms with van der Waals surface area (Å²) < 4.78 is 0. The Kier molecular flexibility index (Phi) is 2.83. The number of halogens is 1. The van der Waals surface area contributed by atoms with E-state index in [1.165, 1.54) is 12.1 Å². The summed E-state index contributed by atoms with van der Waals surface area (Å²) in [7, 11) is 0. The summed E-state index contributed by atoms with van der Waals surface area (Å²) in [6.07, 6.45) is 3.10. The monoisotopic (exact) mass is 234 g/mol. The van der Waals surface area contributed by atoms with Crippen LogP contribution >= 0.6 is 11.6 Å². The van der Waals surface area contributed by atoms with Crippen molar-refractivity contribution in [3.63, 3.8) is 0 Å². The van der Waals surface area contributed by atoms with Crippen molar-refractivity contribution in [2.24, 2.45) is 0 Å². The maximum atomic E-state index is 11.0. The molecule has 5 heteroatoms. The van der Waals surface area contributed by atoms with Crippen LogP contribution in [-0.4, -0.2) is 21.0 Å². The fourth-order valence-electron chi connectivity index (χ4n) is 1.33. The minimum Gasteiger partial charge on any atom is -0.478 e. The third kappa shape index (κ3) is 2.01. The number of benzene rings is 1. The molecule has 80 valence electrons. The summed E-state index contributed by atoms with van der Waals surface area (Å²) >= 11 is 5.82. The van der Waals surface area contributed by atoms with Crippen molar-refractivity contribution in [2.45, 2.75) is 0 Å². The van der Waals surface area contributed by atoms with Crippen LogP contribution in [0.25, 0.3) is 11.4 Å². The molecule has 0 aliphatic rings. The van der Waals surface area contributed by atoms with Crippen LogP contribution in [0, 0.1) is 0 Å². The predicted octanol–water partition coefficient (Wildman–Crippen LogP) is 2.50. The third-order valence-electron chi connectivity index (χ3n) is 2.02. The Morgan fingerprint density at radius 1 is 1.25 bits per heavy atom. The quantitative estimate of drug-likeness (QED) is 0.867. The highest BCUT2D eigenvalue weighted by Crippen LogP contribution is 2.23. The van der Waals surface area contributed by atoms with Crippen molar-refractivity contribution in [1.82, 2.24) is 9.97 Å². The predicted molar refractivity (Wildman–Crippen MR) is 59.4 cm³/mol. The number of carboxylic acid groups (broad SMARTS) is 1. The molecule has 1 N–H and O–H groups in total. The van der Waals surface area contributed by atoms with Gasteiger partial charge in [0.1, 0.15) is 0 Å². The molecule has 0 unspecified atom stereocenters. The molecule has 0 amide bonds.